The first kappa shape index (κ1) is 126. The first-order valence-corrected chi connectivity index (χ1v) is 55.0. The van der Waals surface area contributed by atoms with Gasteiger partial charge in [0.2, 0.25) is 47.3 Å². The van der Waals surface area contributed by atoms with Crippen molar-refractivity contribution in [1.82, 2.24) is 51.0 Å². The van der Waals surface area contributed by atoms with Gasteiger partial charge in [-0.25, -0.2) is 4.68 Å². The standard InChI is InChI=1S/C110H169N11O27S/c1-16-78(8)104(96(138-14)72-100(129)119-50-29-40-92(119)106(139-15)80(10)107(131)113-81(11)105(130)84-33-19-17-20-34-84)118(13)110(134)89(75(2)3)71-94(125)103(77(6)7)117(12)109(133)79(9)69-93(124)101(76(4)5)114-108(132)85(70-88(123)46-53-141-57-61-145-65-64-144-60-56-140-52-30-37-87(122)44-45-99(128)120-73-86-36-24-23-31-82(86)42-43-83-32-25-26-38-90(83)120)35-27-28-48-111-98(127)74-148-95-41-22-18-21-39-91-102(95)115-116-121(91)51-55-143-59-63-147-67-66-146-62-58-142-54-47-97(126)112-49-68-149(135,136)137/h17,19-20,23-26,31-34,36,38,75-81,85,89,92,95-96,101,103-106,130H,16,18,21-22,27-30,35,37,39-41,44-74H2,1-15H3,(H,111,127)(H,112,126)(H,113,131)(H,114,132)(H,135,136,137)/t78-,79+,80+,81+,85-,89-,92-,95?,96+,101-,103-,104-,105+,106+/m0/s1. The number of aliphatic hydroxyl groups is 1. The lowest BCUT2D eigenvalue weighted by atomic mass is 9.83. The van der Waals surface area contributed by atoms with Crippen LogP contribution in [0.4, 0.5) is 5.69 Å². The second kappa shape index (κ2) is 68.3. The number of benzene rings is 3. The van der Waals surface area contributed by atoms with E-state index in [1.807, 2.05) is 113 Å². The number of ether oxygens (including phenoxy) is 11. The van der Waals surface area contributed by atoms with Crippen molar-refractivity contribution < 1.29 is 128 Å². The zero-order chi connectivity index (χ0) is 109. The molecule has 0 saturated carbocycles. The Labute approximate surface area is 881 Å². The molecule has 7 rings (SSSR count). The third-order valence-corrected chi connectivity index (χ3v) is 28.5. The average Bonchev–Trinajstić information content (AvgIpc) is 1.52. The first-order valence-electron chi connectivity index (χ1n) is 53.3. The minimum absolute atomic E-state index is 0.0231. The quantitative estimate of drug-likeness (QED) is 0.0136. The van der Waals surface area contributed by atoms with Gasteiger partial charge in [0, 0.05) is 135 Å². The summed E-state index contributed by atoms with van der Waals surface area (Å²) in [6, 6.07) is 20.5. The maximum atomic E-state index is 15.2. The number of nitrogens with one attached hydrogen (secondary N) is 4. The molecule has 3 aromatic carbocycles. The predicted molar refractivity (Wildman–Crippen MR) is 560 cm³/mol. The van der Waals surface area contributed by atoms with Crippen molar-refractivity contribution in [1.29, 1.82) is 0 Å². The molecule has 14 atom stereocenters. The van der Waals surface area contributed by atoms with Gasteiger partial charge in [-0.1, -0.05) is 173 Å². The Hall–Kier alpha value is -9.77. The molecule has 3 heterocycles. The molecule has 8 amide bonds. The van der Waals surface area contributed by atoms with Gasteiger partial charge in [0.05, 0.1) is 190 Å². The summed E-state index contributed by atoms with van der Waals surface area (Å²) < 4.78 is 96.0. The molecule has 1 saturated heterocycles. The molecule has 0 bridgehead atoms. The number of para-hydroxylation sites is 1. The molecular weight excluding hydrogens is 1940 g/mol. The molecule has 1 aromatic heterocycles. The number of unbranched alkanes of at least 4 members (excludes halogenated alkanes) is 1. The summed E-state index contributed by atoms with van der Waals surface area (Å²) in [5.74, 6) is -3.01. The number of amides is 8. The van der Waals surface area contributed by atoms with Crippen LogP contribution >= 0.6 is 0 Å². The van der Waals surface area contributed by atoms with E-state index in [0.717, 1.165) is 47.3 Å². The average molecular weight is 2110 g/mol. The van der Waals surface area contributed by atoms with Gasteiger partial charge in [-0.15, -0.1) is 5.10 Å². The highest BCUT2D eigenvalue weighted by atomic mass is 32.2. The number of methoxy groups -OCH3 is 2. The van der Waals surface area contributed by atoms with Gasteiger partial charge in [0.25, 0.3) is 10.1 Å². The van der Waals surface area contributed by atoms with E-state index in [0.29, 0.717) is 135 Å². The summed E-state index contributed by atoms with van der Waals surface area (Å²) in [6.45, 7) is 25.1. The van der Waals surface area contributed by atoms with Gasteiger partial charge in [0.1, 0.15) is 30.0 Å². The molecule has 1 unspecified atom stereocenters. The van der Waals surface area contributed by atoms with Crippen molar-refractivity contribution >= 4 is 86.2 Å². The highest BCUT2D eigenvalue weighted by Crippen LogP contribution is 2.35. The number of anilines is 1. The van der Waals surface area contributed by atoms with Gasteiger partial charge in [-0.3, -0.25) is 62.1 Å². The van der Waals surface area contributed by atoms with Crippen LogP contribution in [0.25, 0.3) is 0 Å². The Morgan fingerprint density at radius 3 is 1.78 bits per heavy atom. The van der Waals surface area contributed by atoms with Crippen LogP contribution in [0, 0.1) is 59.2 Å². The molecule has 832 valence electrons. The molecule has 0 radical (unpaired) electrons. The van der Waals surface area contributed by atoms with Gasteiger partial charge in [-0.2, -0.15) is 8.42 Å². The van der Waals surface area contributed by atoms with Crippen molar-refractivity contribution in [2.24, 2.45) is 47.3 Å². The SMILES string of the molecule is CC[C@H](C)[C@@H]([C@@H](CC(=O)N1CCC[C@H]1[C@H](OC)[C@@H](C)C(=O)N[C@H](C)[C@@H](O)c1ccccc1)OC)N(C)C(=O)[C@@H](CC(=O)[C@H](C(C)C)N(C)C(=O)[C@H](C)CC(=O)[C@@H](NC(=O)[C@@H](CCCCNC(=O)COC1CCCCCc2c1nnn2CCOCCOCCOCCOCCC(=O)NCCS(=O)(=O)O)CC(=O)CCOCCOCCOCCOCCCC(=O)CCC(=O)N1Cc2ccccc2C#Cc2ccccc21)C(C)C)C(C)C. The number of aromatic nitrogens is 3. The van der Waals surface area contributed by atoms with Crippen molar-refractivity contribution in [3.63, 3.8) is 0 Å². The van der Waals surface area contributed by atoms with Gasteiger partial charge in [0.15, 0.2) is 11.6 Å². The van der Waals surface area contributed by atoms with Gasteiger partial charge >= 0.3 is 0 Å². The summed E-state index contributed by atoms with van der Waals surface area (Å²) >= 11 is 0. The second-order valence-electron chi connectivity index (χ2n) is 40.1. The number of nitrogens with zero attached hydrogens (tertiary/aromatic N) is 7. The molecule has 6 N–H and O–H groups in total. The van der Waals surface area contributed by atoms with E-state index in [4.69, 9.17) is 56.7 Å². The summed E-state index contributed by atoms with van der Waals surface area (Å²) in [4.78, 5) is 175. The topological polar surface area (TPSA) is 473 Å². The third kappa shape index (κ3) is 43.7. The lowest BCUT2D eigenvalue weighted by Crippen LogP contribution is -2.55. The Balaban J connectivity index is 0.883. The van der Waals surface area contributed by atoms with Crippen LogP contribution in [-0.2, 0) is 139 Å². The van der Waals surface area contributed by atoms with Crippen LogP contribution in [0.3, 0.4) is 0 Å². The Morgan fingerprint density at radius 1 is 0.550 bits per heavy atom. The summed E-state index contributed by atoms with van der Waals surface area (Å²) in [5.41, 5.74) is 5.51. The van der Waals surface area contributed by atoms with Crippen LogP contribution in [-0.4, -0.2) is 327 Å². The zero-order valence-corrected chi connectivity index (χ0v) is 91.4. The van der Waals surface area contributed by atoms with Crippen molar-refractivity contribution in [2.75, 3.05) is 171 Å². The predicted octanol–water partition coefficient (Wildman–Crippen LogP) is 9.92. The number of Topliss-reactive ketones (excluding diaryl/α,β-unsaturated/α-hetero) is 4. The summed E-state index contributed by atoms with van der Waals surface area (Å²) in [6.07, 6.45) is 4.15. The summed E-state index contributed by atoms with van der Waals surface area (Å²) in [7, 11) is 2.06. The van der Waals surface area contributed by atoms with E-state index in [-0.39, 0.29) is 195 Å². The molecule has 149 heavy (non-hydrogen) atoms. The molecule has 0 spiro atoms. The monoisotopic (exact) mass is 2110 g/mol. The smallest absolute Gasteiger partial charge is 0.266 e. The number of carbonyl (C=O) groups excluding carboxylic acids is 12. The van der Waals surface area contributed by atoms with Crippen LogP contribution in [0.15, 0.2) is 78.9 Å². The first-order chi connectivity index (χ1) is 71.4. The molecular formula is C110H169N11O27S. The van der Waals surface area contributed by atoms with E-state index in [9.17, 15) is 66.3 Å². The molecule has 2 aliphatic heterocycles. The van der Waals surface area contributed by atoms with E-state index < -0.39 is 130 Å². The van der Waals surface area contributed by atoms with E-state index in [2.05, 4.69) is 43.4 Å². The number of rotatable bonds is 75. The van der Waals surface area contributed by atoms with E-state index in [1.54, 1.807) is 68.5 Å². The maximum absolute atomic E-state index is 15.2. The number of fused-ring (bicyclic) bond motifs is 3. The Morgan fingerprint density at radius 2 is 1.15 bits per heavy atom. The molecule has 4 aromatic rings. The second-order valence-corrected chi connectivity index (χ2v) is 41.7. The number of hydrogen-bond acceptors (Lipinski definition) is 28. The molecule has 39 heteroatoms. The minimum Gasteiger partial charge on any atom is -0.386 e. The van der Waals surface area contributed by atoms with Crippen molar-refractivity contribution in [3.05, 3.63) is 113 Å². The highest BCUT2D eigenvalue weighted by Gasteiger charge is 2.45. The Bertz CT molecular complexity index is 4980. The van der Waals surface area contributed by atoms with Gasteiger partial charge < -0.3 is 98.1 Å². The fourth-order valence-electron chi connectivity index (χ4n) is 19.1. The van der Waals surface area contributed by atoms with Crippen molar-refractivity contribution in [2.45, 2.75) is 279 Å². The van der Waals surface area contributed by atoms with Crippen molar-refractivity contribution in [3.8, 4) is 11.8 Å². The number of aliphatic hydroxyl groups excluding tert-OH is 1. The minimum atomic E-state index is -4.16. The lowest BCUT2D eigenvalue weighted by molar-refractivity contribution is -0.150. The van der Waals surface area contributed by atoms with E-state index >= 15 is 4.79 Å². The molecule has 1 aliphatic carbocycles. The molecule has 1 fully saturated rings. The number of likely N-dealkylation sites (tertiary alicyclic amines) is 1. The molecule has 38 nitrogen and oxygen atoms in total. The van der Waals surface area contributed by atoms with Crippen LogP contribution in [0.1, 0.15) is 250 Å². The molecule has 3 aliphatic rings. The number of likely N-dealkylation sites (N-methyl/N-ethyl adjacent to an activating group) is 2. The number of ketones is 4. The Kier molecular flexibility index (Phi) is 57.8. The fraction of sp³-hybridized carbons (Fsp3) is 0.691. The zero-order valence-electron chi connectivity index (χ0n) is 90.6. The maximum Gasteiger partial charge on any atom is 0.266 e. The number of carbonyl (C=O) groups is 12. The van der Waals surface area contributed by atoms with Crippen LogP contribution in [0.5, 0.6) is 0 Å². The fourth-order valence-corrected chi connectivity index (χ4v) is 19.5. The number of hydrogen-bond donors (Lipinski definition) is 6. The van der Waals surface area contributed by atoms with Crippen LogP contribution in [0.2, 0.25) is 0 Å². The van der Waals surface area contributed by atoms with Gasteiger partial charge in [-0.05, 0) is 111 Å². The van der Waals surface area contributed by atoms with E-state index in [1.165, 1.54) is 26.2 Å². The highest BCUT2D eigenvalue weighted by molar-refractivity contribution is 7.85. The summed E-state index contributed by atoms with van der Waals surface area (Å²) in [5, 5.41) is 31.3. The lowest BCUT2D eigenvalue weighted by Gasteiger charge is -2.41. The third-order valence-electron chi connectivity index (χ3n) is 27.8. The van der Waals surface area contributed by atoms with Crippen LogP contribution < -0.4 is 26.2 Å². The largest absolute Gasteiger partial charge is 0.386 e. The normalized spacial score (nSPS) is 16.6.